The number of halogens is 2. The van der Waals surface area contributed by atoms with Gasteiger partial charge in [0.1, 0.15) is 0 Å². The lowest BCUT2D eigenvalue weighted by atomic mass is 9.92. The first kappa shape index (κ1) is 20.2. The quantitative estimate of drug-likeness (QED) is 0.849. The van der Waals surface area contributed by atoms with E-state index in [1.165, 1.54) is 0 Å². The molecule has 1 aromatic rings. The molecule has 130 valence electrons. The van der Waals surface area contributed by atoms with Gasteiger partial charge in [0.15, 0.2) is 0 Å². The number of rotatable bonds is 5. The monoisotopic (exact) mass is 359 g/mol. The van der Waals surface area contributed by atoms with E-state index in [0.29, 0.717) is 12.6 Å². The zero-order valence-electron chi connectivity index (χ0n) is 14.0. The van der Waals surface area contributed by atoms with Crippen LogP contribution in [0.15, 0.2) is 24.3 Å². The molecule has 4 nitrogen and oxygen atoms in total. The number of amides is 1. The molecule has 0 aliphatic carbocycles. The van der Waals surface area contributed by atoms with E-state index in [2.05, 4.69) is 22.5 Å². The van der Waals surface area contributed by atoms with Crippen LogP contribution in [-0.2, 0) is 4.79 Å². The van der Waals surface area contributed by atoms with Crippen molar-refractivity contribution >= 4 is 29.9 Å². The smallest absolute Gasteiger partial charge is 0.223 e. The summed E-state index contributed by atoms with van der Waals surface area (Å²) in [6.07, 6.45) is 1.82. The maximum absolute atomic E-state index is 12.4. The van der Waals surface area contributed by atoms with E-state index in [1.54, 1.807) is 0 Å². The van der Waals surface area contributed by atoms with Crippen LogP contribution in [0.3, 0.4) is 0 Å². The molecule has 0 radical (unpaired) electrons. The molecule has 1 amide bonds. The lowest BCUT2D eigenvalue weighted by molar-refractivity contribution is -0.126. The Morgan fingerprint density at radius 3 is 2.74 bits per heavy atom. The fourth-order valence-electron chi connectivity index (χ4n) is 3.03. The third-order valence-corrected chi connectivity index (χ3v) is 4.70. The third kappa shape index (κ3) is 5.64. The number of carbonyl (C=O) groups excluding carboxylic acids is 1. The molecule has 1 aromatic carbocycles. The van der Waals surface area contributed by atoms with Gasteiger partial charge in [-0.3, -0.25) is 4.79 Å². The van der Waals surface area contributed by atoms with E-state index >= 15 is 0 Å². The highest BCUT2D eigenvalue weighted by atomic mass is 35.5. The summed E-state index contributed by atoms with van der Waals surface area (Å²) in [7, 11) is 4.01. The molecule has 3 atom stereocenters. The molecule has 1 fully saturated rings. The Bertz CT molecular complexity index is 510. The Labute approximate surface area is 150 Å². The molecule has 23 heavy (non-hydrogen) atoms. The van der Waals surface area contributed by atoms with Crippen LogP contribution in [0.1, 0.15) is 31.4 Å². The first-order valence-corrected chi connectivity index (χ1v) is 8.28. The first-order chi connectivity index (χ1) is 10.5. The zero-order chi connectivity index (χ0) is 16.1. The minimum Gasteiger partial charge on any atom is -0.354 e. The van der Waals surface area contributed by atoms with Gasteiger partial charge in [-0.25, -0.2) is 0 Å². The Balaban J connectivity index is 0.00000264. The number of hydrogen-bond acceptors (Lipinski definition) is 3. The Kier molecular flexibility index (Phi) is 8.34. The van der Waals surface area contributed by atoms with E-state index in [9.17, 15) is 4.79 Å². The second-order valence-electron chi connectivity index (χ2n) is 6.32. The maximum atomic E-state index is 12.4. The second-order valence-corrected chi connectivity index (χ2v) is 6.73. The van der Waals surface area contributed by atoms with Crippen molar-refractivity contribution < 1.29 is 4.79 Å². The summed E-state index contributed by atoms with van der Waals surface area (Å²) in [6, 6.07) is 8.31. The SMILES string of the molecule is C[C@H]1C[C@@H](C(=O)NCC(c2ccccc2Cl)N(C)C)CCN1.Cl. The molecular weight excluding hydrogens is 333 g/mol. The fraction of sp³-hybridized carbons (Fsp3) is 0.588. The minimum absolute atomic E-state index is 0. The molecule has 0 saturated carbocycles. The third-order valence-electron chi connectivity index (χ3n) is 4.35. The summed E-state index contributed by atoms with van der Waals surface area (Å²) < 4.78 is 0. The van der Waals surface area contributed by atoms with Crippen molar-refractivity contribution in [3.8, 4) is 0 Å². The molecule has 1 aliphatic heterocycles. The van der Waals surface area contributed by atoms with Gasteiger partial charge < -0.3 is 15.5 Å². The summed E-state index contributed by atoms with van der Waals surface area (Å²) in [5.41, 5.74) is 1.05. The average Bonchev–Trinajstić information content (AvgIpc) is 2.48. The van der Waals surface area contributed by atoms with Crippen molar-refractivity contribution in [2.45, 2.75) is 31.8 Å². The van der Waals surface area contributed by atoms with Gasteiger partial charge in [-0.15, -0.1) is 12.4 Å². The molecule has 1 aliphatic rings. The van der Waals surface area contributed by atoms with Crippen LogP contribution >= 0.6 is 24.0 Å². The van der Waals surface area contributed by atoms with Crippen molar-refractivity contribution in [2.75, 3.05) is 27.2 Å². The zero-order valence-corrected chi connectivity index (χ0v) is 15.6. The van der Waals surface area contributed by atoms with Crippen LogP contribution in [-0.4, -0.2) is 44.0 Å². The van der Waals surface area contributed by atoms with Gasteiger partial charge in [-0.1, -0.05) is 29.8 Å². The average molecular weight is 360 g/mol. The maximum Gasteiger partial charge on any atom is 0.223 e. The molecule has 2 rings (SSSR count). The van der Waals surface area contributed by atoms with Gasteiger partial charge in [0, 0.05) is 23.5 Å². The van der Waals surface area contributed by atoms with Gasteiger partial charge >= 0.3 is 0 Å². The summed E-state index contributed by atoms with van der Waals surface area (Å²) >= 11 is 6.30. The van der Waals surface area contributed by atoms with Crippen LogP contribution in [0.5, 0.6) is 0 Å². The van der Waals surface area contributed by atoms with Gasteiger partial charge in [-0.2, -0.15) is 0 Å². The van der Waals surface area contributed by atoms with Crippen molar-refractivity contribution in [1.82, 2.24) is 15.5 Å². The van der Waals surface area contributed by atoms with E-state index < -0.39 is 0 Å². The summed E-state index contributed by atoms with van der Waals surface area (Å²) in [5.74, 6) is 0.276. The molecule has 1 unspecified atom stereocenters. The topological polar surface area (TPSA) is 44.4 Å². The van der Waals surface area contributed by atoms with Crippen LogP contribution in [0.4, 0.5) is 0 Å². The van der Waals surface area contributed by atoms with Crippen molar-refractivity contribution in [2.24, 2.45) is 5.92 Å². The molecule has 2 N–H and O–H groups in total. The number of benzene rings is 1. The standard InChI is InChI=1S/C17H26ClN3O.ClH/c1-12-10-13(8-9-19-12)17(22)20-11-16(21(2)3)14-6-4-5-7-15(14)18;/h4-7,12-13,16,19H,8-11H2,1-3H3,(H,20,22);1H/t12-,13-,16?;/m0./s1. The minimum atomic E-state index is 0. The van der Waals surface area contributed by atoms with Gasteiger partial charge in [0.05, 0.1) is 6.04 Å². The fourth-order valence-corrected chi connectivity index (χ4v) is 3.29. The lowest BCUT2D eigenvalue weighted by Crippen LogP contribution is -2.44. The number of nitrogens with zero attached hydrogens (tertiary/aromatic N) is 1. The van der Waals surface area contributed by atoms with Crippen molar-refractivity contribution in [1.29, 1.82) is 0 Å². The van der Waals surface area contributed by atoms with Gasteiger partial charge in [0.25, 0.3) is 0 Å². The summed E-state index contributed by atoms with van der Waals surface area (Å²) in [5, 5.41) is 7.23. The van der Waals surface area contributed by atoms with Crippen LogP contribution in [0.25, 0.3) is 0 Å². The molecule has 6 heteroatoms. The number of piperidine rings is 1. The van der Waals surface area contributed by atoms with E-state index in [4.69, 9.17) is 11.6 Å². The van der Waals surface area contributed by atoms with Gasteiger partial charge in [-0.05, 0) is 52.0 Å². The van der Waals surface area contributed by atoms with Crippen LogP contribution in [0, 0.1) is 5.92 Å². The Hall–Kier alpha value is -0.810. The normalized spacial score (nSPS) is 22.3. The van der Waals surface area contributed by atoms with E-state index in [-0.39, 0.29) is 30.3 Å². The second kappa shape index (κ2) is 9.48. The number of carbonyl (C=O) groups is 1. The summed E-state index contributed by atoms with van der Waals surface area (Å²) in [4.78, 5) is 14.5. The predicted octanol–water partition coefficient (Wildman–Crippen LogP) is 2.87. The largest absolute Gasteiger partial charge is 0.354 e. The molecule has 0 bridgehead atoms. The number of likely N-dealkylation sites (N-methyl/N-ethyl adjacent to an activating group) is 1. The van der Waals surface area contributed by atoms with Gasteiger partial charge in [0.2, 0.25) is 5.91 Å². The molecular formula is C17H27Cl2N3O. The highest BCUT2D eigenvalue weighted by molar-refractivity contribution is 6.31. The highest BCUT2D eigenvalue weighted by Crippen LogP contribution is 2.25. The Morgan fingerprint density at radius 1 is 1.43 bits per heavy atom. The van der Waals surface area contributed by atoms with Crippen molar-refractivity contribution in [3.05, 3.63) is 34.9 Å². The molecule has 0 spiro atoms. The Morgan fingerprint density at radius 2 is 2.13 bits per heavy atom. The summed E-state index contributed by atoms with van der Waals surface area (Å²) in [6.45, 7) is 3.63. The van der Waals surface area contributed by atoms with E-state index in [0.717, 1.165) is 30.0 Å². The highest BCUT2D eigenvalue weighted by Gasteiger charge is 2.26. The number of nitrogens with one attached hydrogen (secondary N) is 2. The van der Waals surface area contributed by atoms with Crippen LogP contribution in [0.2, 0.25) is 5.02 Å². The van der Waals surface area contributed by atoms with Crippen molar-refractivity contribution in [3.63, 3.8) is 0 Å². The number of hydrogen-bond donors (Lipinski definition) is 2. The predicted molar refractivity (Wildman–Crippen MR) is 98.3 cm³/mol. The molecule has 0 aromatic heterocycles. The molecule has 1 heterocycles. The lowest BCUT2D eigenvalue weighted by Gasteiger charge is -2.29. The molecule has 1 saturated heterocycles. The van der Waals surface area contributed by atoms with Crippen LogP contribution < -0.4 is 10.6 Å². The first-order valence-electron chi connectivity index (χ1n) is 7.91. The van der Waals surface area contributed by atoms with E-state index in [1.807, 2.05) is 38.4 Å².